The van der Waals surface area contributed by atoms with Crippen molar-refractivity contribution >= 4 is 17.3 Å². The number of amides is 1. The number of nitrogens with zero attached hydrogens (tertiary/aromatic N) is 3. The maximum Gasteiger partial charge on any atom is 0.269 e. The lowest BCUT2D eigenvalue weighted by Gasteiger charge is -2.11. The van der Waals surface area contributed by atoms with Crippen molar-refractivity contribution in [3.63, 3.8) is 0 Å². The second-order valence-electron chi connectivity index (χ2n) is 5.43. The normalized spacial score (nSPS) is 13.7. The second kappa shape index (κ2) is 6.57. The highest BCUT2D eigenvalue weighted by Crippen LogP contribution is 2.18. The summed E-state index contributed by atoms with van der Waals surface area (Å²) in [5, 5.41) is 16.4. The van der Waals surface area contributed by atoms with Gasteiger partial charge in [-0.1, -0.05) is 24.3 Å². The molecule has 3 rings (SSSR count). The molecule has 0 spiro atoms. The molecule has 0 bridgehead atoms. The monoisotopic (exact) mass is 327 g/mol. The van der Waals surface area contributed by atoms with Gasteiger partial charge in [0.1, 0.15) is 5.82 Å². The van der Waals surface area contributed by atoms with Crippen molar-refractivity contribution < 1.29 is 14.1 Å². The lowest BCUT2D eigenvalue weighted by molar-refractivity contribution is -0.384. The van der Waals surface area contributed by atoms with Crippen LogP contribution in [-0.2, 0) is 11.2 Å². The van der Waals surface area contributed by atoms with Gasteiger partial charge in [0.15, 0.2) is 0 Å². The van der Waals surface area contributed by atoms with Crippen LogP contribution < -0.4 is 0 Å². The number of carbonyl (C=O) groups excluding carboxylic acids is 1. The lowest BCUT2D eigenvalue weighted by atomic mass is 10.1. The van der Waals surface area contributed by atoms with Crippen molar-refractivity contribution in [1.29, 1.82) is 0 Å². The second-order valence-corrected chi connectivity index (χ2v) is 5.43. The highest BCUT2D eigenvalue weighted by Gasteiger charge is 2.22. The number of nitro benzene ring substituents is 1. The van der Waals surface area contributed by atoms with Crippen LogP contribution in [-0.4, -0.2) is 28.1 Å². The van der Waals surface area contributed by atoms with Crippen LogP contribution >= 0.6 is 0 Å². The number of benzene rings is 2. The third-order valence-corrected chi connectivity index (χ3v) is 3.72. The minimum absolute atomic E-state index is 0.0294. The average Bonchev–Trinajstić information content (AvgIpc) is 3.05. The van der Waals surface area contributed by atoms with Gasteiger partial charge in [0.2, 0.25) is 5.91 Å². The first-order valence-corrected chi connectivity index (χ1v) is 7.40. The van der Waals surface area contributed by atoms with E-state index in [0.717, 1.165) is 0 Å². The standard InChI is InChI=1S/C17H14FN3O3/c18-14-5-2-4-13(11-14)16-7-8-20(19-16)17(22)10-12-3-1-6-15(9-12)21(23)24/h1-6,9,11H,7-8,10H2. The van der Waals surface area contributed by atoms with Crippen LogP contribution in [0.2, 0.25) is 0 Å². The van der Waals surface area contributed by atoms with Gasteiger partial charge in [-0.25, -0.2) is 9.40 Å². The van der Waals surface area contributed by atoms with E-state index in [0.29, 0.717) is 29.8 Å². The minimum atomic E-state index is -0.496. The molecule has 0 aliphatic carbocycles. The van der Waals surface area contributed by atoms with E-state index >= 15 is 0 Å². The van der Waals surface area contributed by atoms with Crippen LogP contribution in [0.25, 0.3) is 0 Å². The first-order chi connectivity index (χ1) is 11.5. The first kappa shape index (κ1) is 15.8. The zero-order valence-corrected chi connectivity index (χ0v) is 12.7. The Hall–Kier alpha value is -3.09. The fourth-order valence-corrected chi connectivity index (χ4v) is 2.55. The van der Waals surface area contributed by atoms with E-state index < -0.39 is 4.92 Å². The average molecular weight is 327 g/mol. The maximum absolute atomic E-state index is 13.3. The summed E-state index contributed by atoms with van der Waals surface area (Å²) >= 11 is 0. The lowest BCUT2D eigenvalue weighted by Crippen LogP contribution is -2.25. The zero-order valence-electron chi connectivity index (χ0n) is 12.7. The number of hydrogen-bond donors (Lipinski definition) is 0. The molecule has 0 saturated heterocycles. The molecule has 0 N–H and O–H groups in total. The minimum Gasteiger partial charge on any atom is -0.273 e. The molecule has 0 fully saturated rings. The van der Waals surface area contributed by atoms with Gasteiger partial charge in [0.25, 0.3) is 5.69 Å². The Morgan fingerprint density at radius 3 is 2.79 bits per heavy atom. The van der Waals surface area contributed by atoms with E-state index in [1.807, 2.05) is 0 Å². The Kier molecular flexibility index (Phi) is 4.33. The van der Waals surface area contributed by atoms with Crippen molar-refractivity contribution in [3.05, 3.63) is 75.6 Å². The molecule has 0 saturated carbocycles. The van der Waals surface area contributed by atoms with Crippen molar-refractivity contribution in [1.82, 2.24) is 5.01 Å². The molecular formula is C17H14FN3O3. The van der Waals surface area contributed by atoms with Crippen LogP contribution in [0.4, 0.5) is 10.1 Å². The number of carbonyl (C=O) groups is 1. The van der Waals surface area contributed by atoms with Crippen molar-refractivity contribution in [2.24, 2.45) is 5.10 Å². The Morgan fingerprint density at radius 2 is 2.04 bits per heavy atom. The molecule has 6 nitrogen and oxygen atoms in total. The van der Waals surface area contributed by atoms with Gasteiger partial charge in [-0.2, -0.15) is 5.10 Å². The summed E-state index contributed by atoms with van der Waals surface area (Å²) in [7, 11) is 0. The van der Waals surface area contributed by atoms with Gasteiger partial charge in [0.05, 0.1) is 23.6 Å². The summed E-state index contributed by atoms with van der Waals surface area (Å²) in [4.78, 5) is 22.6. The summed E-state index contributed by atoms with van der Waals surface area (Å²) in [6, 6.07) is 12.0. The van der Waals surface area contributed by atoms with Crippen molar-refractivity contribution in [3.8, 4) is 0 Å². The van der Waals surface area contributed by atoms with E-state index in [-0.39, 0.29) is 23.8 Å². The number of nitro groups is 1. The summed E-state index contributed by atoms with van der Waals surface area (Å²) in [6.45, 7) is 0.416. The largest absolute Gasteiger partial charge is 0.273 e. The first-order valence-electron chi connectivity index (χ1n) is 7.40. The smallest absolute Gasteiger partial charge is 0.269 e. The molecule has 2 aromatic carbocycles. The van der Waals surface area contributed by atoms with E-state index in [4.69, 9.17) is 0 Å². The van der Waals surface area contributed by atoms with Crippen LogP contribution in [0, 0.1) is 15.9 Å². The Balaban J connectivity index is 1.72. The number of hydrogen-bond acceptors (Lipinski definition) is 4. The fourth-order valence-electron chi connectivity index (χ4n) is 2.55. The third-order valence-electron chi connectivity index (χ3n) is 3.72. The van der Waals surface area contributed by atoms with Crippen LogP contribution in [0.5, 0.6) is 0 Å². The maximum atomic E-state index is 13.3. The predicted molar refractivity (Wildman–Crippen MR) is 86.1 cm³/mol. The molecule has 24 heavy (non-hydrogen) atoms. The molecule has 1 amide bonds. The highest BCUT2D eigenvalue weighted by molar-refractivity contribution is 6.02. The van der Waals surface area contributed by atoms with E-state index in [9.17, 15) is 19.3 Å². The van der Waals surface area contributed by atoms with Gasteiger partial charge in [-0.3, -0.25) is 14.9 Å². The fraction of sp³-hybridized carbons (Fsp3) is 0.176. The number of hydrazone groups is 1. The van der Waals surface area contributed by atoms with Gasteiger partial charge in [-0.15, -0.1) is 0 Å². The predicted octanol–water partition coefficient (Wildman–Crippen LogP) is 2.91. The molecule has 1 aliphatic heterocycles. The molecule has 1 heterocycles. The molecular weight excluding hydrogens is 313 g/mol. The van der Waals surface area contributed by atoms with Gasteiger partial charge < -0.3 is 0 Å². The molecule has 0 unspecified atom stereocenters. The summed E-state index contributed by atoms with van der Waals surface area (Å²) < 4.78 is 13.3. The SMILES string of the molecule is O=C(Cc1cccc([N+](=O)[O-])c1)N1CCC(c2cccc(F)c2)=N1. The summed E-state index contributed by atoms with van der Waals surface area (Å²) in [5.74, 6) is -0.599. The topological polar surface area (TPSA) is 75.8 Å². The molecule has 122 valence electrons. The van der Waals surface area contributed by atoms with E-state index in [1.54, 1.807) is 24.3 Å². The van der Waals surface area contributed by atoms with Gasteiger partial charge in [0, 0.05) is 24.1 Å². The van der Waals surface area contributed by atoms with Crippen LogP contribution in [0.15, 0.2) is 53.6 Å². The zero-order chi connectivity index (χ0) is 17.1. The number of halogens is 1. The number of non-ortho nitro benzene ring substituents is 1. The van der Waals surface area contributed by atoms with Gasteiger partial charge in [-0.05, 0) is 17.7 Å². The molecule has 1 aliphatic rings. The van der Waals surface area contributed by atoms with Crippen molar-refractivity contribution in [2.75, 3.05) is 6.54 Å². The molecule has 7 heteroatoms. The van der Waals surface area contributed by atoms with Crippen LogP contribution in [0.1, 0.15) is 17.5 Å². The Bertz CT molecular complexity index is 835. The summed E-state index contributed by atoms with van der Waals surface area (Å²) in [6.07, 6.45) is 0.575. The quantitative estimate of drug-likeness (QED) is 0.640. The Labute approximate surface area is 137 Å². The molecule has 0 aromatic heterocycles. The van der Waals surface area contributed by atoms with Gasteiger partial charge >= 0.3 is 0 Å². The van der Waals surface area contributed by atoms with E-state index in [1.165, 1.54) is 29.3 Å². The number of rotatable bonds is 4. The summed E-state index contributed by atoms with van der Waals surface area (Å²) in [5.41, 5.74) is 1.82. The molecule has 2 aromatic rings. The third kappa shape index (κ3) is 3.45. The van der Waals surface area contributed by atoms with Crippen molar-refractivity contribution in [2.45, 2.75) is 12.8 Å². The van der Waals surface area contributed by atoms with Crippen LogP contribution in [0.3, 0.4) is 0 Å². The Morgan fingerprint density at radius 1 is 1.25 bits per heavy atom. The molecule has 0 radical (unpaired) electrons. The highest BCUT2D eigenvalue weighted by atomic mass is 19.1. The molecule has 0 atom stereocenters. The van der Waals surface area contributed by atoms with E-state index in [2.05, 4.69) is 5.10 Å².